The number of anilines is 1. The maximum Gasteiger partial charge on any atom is 0.313 e. The van der Waals surface area contributed by atoms with Crippen molar-refractivity contribution in [3.8, 4) is 39.2 Å². The number of methoxy groups -OCH3 is 2. The van der Waals surface area contributed by atoms with E-state index in [-0.39, 0.29) is 18.0 Å². The smallest absolute Gasteiger partial charge is 0.313 e. The highest BCUT2D eigenvalue weighted by Gasteiger charge is 2.18. The van der Waals surface area contributed by atoms with Crippen molar-refractivity contribution in [3.05, 3.63) is 90.4 Å². The number of benzene rings is 3. The van der Waals surface area contributed by atoms with Crippen molar-refractivity contribution in [1.82, 2.24) is 15.2 Å². The molecule has 13 heteroatoms. The molecule has 1 aliphatic heterocycles. The highest BCUT2D eigenvalue weighted by Crippen LogP contribution is 2.42. The Morgan fingerprint density at radius 1 is 0.900 bits per heavy atom. The van der Waals surface area contributed by atoms with Crippen molar-refractivity contribution in [2.24, 2.45) is 0 Å². The summed E-state index contributed by atoms with van der Waals surface area (Å²) >= 11 is 1.45. The molecule has 1 aliphatic rings. The quantitative estimate of drug-likeness (QED) is 0.144. The molecule has 5 aromatic rings. The van der Waals surface area contributed by atoms with E-state index in [9.17, 15) is 9.59 Å². The van der Waals surface area contributed by atoms with Crippen LogP contribution in [-0.4, -0.2) is 81.9 Å². The molecule has 2 amide bonds. The molecule has 0 atom stereocenters. The third-order valence-corrected chi connectivity index (χ3v) is 9.27. The molecule has 0 spiro atoms. The van der Waals surface area contributed by atoms with Crippen LogP contribution < -0.4 is 29.6 Å². The molecule has 0 unspecified atom stereocenters. The molecule has 1 saturated heterocycles. The van der Waals surface area contributed by atoms with Gasteiger partial charge in [-0.3, -0.25) is 19.5 Å². The van der Waals surface area contributed by atoms with Gasteiger partial charge in [-0.1, -0.05) is 18.2 Å². The predicted octanol–water partition coefficient (Wildman–Crippen LogP) is 5.92. The van der Waals surface area contributed by atoms with Crippen LogP contribution in [0.1, 0.15) is 5.56 Å². The van der Waals surface area contributed by atoms with Crippen molar-refractivity contribution in [2.75, 3.05) is 65.5 Å². The van der Waals surface area contributed by atoms with Gasteiger partial charge in [-0.05, 0) is 60.0 Å². The van der Waals surface area contributed by atoms with E-state index in [2.05, 4.69) is 20.5 Å². The number of morpholine rings is 1. The van der Waals surface area contributed by atoms with Crippen molar-refractivity contribution >= 4 is 39.1 Å². The number of pyridine rings is 1. The number of rotatable bonds is 13. The summed E-state index contributed by atoms with van der Waals surface area (Å²) in [7, 11) is 3.18. The molecule has 0 bridgehead atoms. The lowest BCUT2D eigenvalue weighted by molar-refractivity contribution is -0.136. The molecule has 0 aliphatic carbocycles. The number of halogens is 1. The minimum Gasteiger partial charge on any atom is -0.496 e. The molecule has 0 radical (unpaired) electrons. The second kappa shape index (κ2) is 16.4. The maximum absolute atomic E-state index is 15.2. The number of amides is 2. The monoisotopic (exact) mass is 700 g/mol. The van der Waals surface area contributed by atoms with E-state index >= 15 is 4.39 Å². The Labute approximate surface area is 292 Å². The van der Waals surface area contributed by atoms with Crippen LogP contribution in [0.4, 0.5) is 10.1 Å². The van der Waals surface area contributed by atoms with E-state index in [4.69, 9.17) is 23.7 Å². The summed E-state index contributed by atoms with van der Waals surface area (Å²) in [5.41, 5.74) is 2.61. The molecule has 3 heterocycles. The fourth-order valence-electron chi connectivity index (χ4n) is 5.46. The van der Waals surface area contributed by atoms with E-state index in [1.54, 1.807) is 26.5 Å². The first kappa shape index (κ1) is 34.6. The van der Waals surface area contributed by atoms with Gasteiger partial charge in [0.15, 0.2) is 23.1 Å². The van der Waals surface area contributed by atoms with Crippen LogP contribution in [0.2, 0.25) is 0 Å². The third-order valence-electron chi connectivity index (χ3n) is 8.08. The Hall–Kier alpha value is -5.24. The Morgan fingerprint density at radius 3 is 2.50 bits per heavy atom. The van der Waals surface area contributed by atoms with Crippen LogP contribution in [0.25, 0.3) is 20.7 Å². The standard InChI is InChI=1S/C37H37FN4O7S/c1-45-29-6-4-3-5-24(29)11-13-40-36(43)37(44)41-26-8-10-30(27(38)22-26)49-32-12-14-39-28-23-34(50-35(28)32)25-7-9-31(33(21-25)46-2)48-20-17-42-15-18-47-19-16-42/h3-10,12,14,21-23H,11,13,15-20H2,1-2H3,(H,40,43)(H,41,44). The molecule has 11 nitrogen and oxygen atoms in total. The van der Waals surface area contributed by atoms with Gasteiger partial charge in [0.1, 0.15) is 18.1 Å². The molecule has 6 rings (SSSR count). The zero-order valence-electron chi connectivity index (χ0n) is 27.7. The Balaban J connectivity index is 1.07. The van der Waals surface area contributed by atoms with Gasteiger partial charge in [0, 0.05) is 55.1 Å². The number of nitrogens with one attached hydrogen (secondary N) is 2. The number of aromatic nitrogens is 1. The van der Waals surface area contributed by atoms with Gasteiger partial charge in [0.2, 0.25) is 0 Å². The number of hydrogen-bond acceptors (Lipinski definition) is 10. The predicted molar refractivity (Wildman–Crippen MR) is 189 cm³/mol. The summed E-state index contributed by atoms with van der Waals surface area (Å²) in [5, 5.41) is 5.00. The normalized spacial score (nSPS) is 13.1. The molecular formula is C37H37FN4O7S. The first-order valence-electron chi connectivity index (χ1n) is 16.1. The highest BCUT2D eigenvalue weighted by atomic mass is 32.1. The minimum absolute atomic E-state index is 0.0491. The number of para-hydroxylation sites is 1. The summed E-state index contributed by atoms with van der Waals surface area (Å²) in [5.74, 6) is -0.115. The van der Waals surface area contributed by atoms with Crippen molar-refractivity contribution in [1.29, 1.82) is 0 Å². The SMILES string of the molecule is COc1ccccc1CCNC(=O)C(=O)Nc1ccc(Oc2ccnc3cc(-c4ccc(OCCN5CCOCC5)c(OC)c4)sc23)c(F)c1. The van der Waals surface area contributed by atoms with Gasteiger partial charge in [-0.15, -0.1) is 11.3 Å². The topological polar surface area (TPSA) is 120 Å². The third kappa shape index (κ3) is 8.48. The number of thiophene rings is 1. The van der Waals surface area contributed by atoms with Crippen molar-refractivity contribution in [3.63, 3.8) is 0 Å². The Morgan fingerprint density at radius 2 is 1.70 bits per heavy atom. The van der Waals surface area contributed by atoms with Crippen molar-refractivity contribution < 1.29 is 37.7 Å². The summed E-state index contributed by atoms with van der Waals surface area (Å²) in [6.07, 6.45) is 2.07. The minimum atomic E-state index is -0.913. The van der Waals surface area contributed by atoms with Crippen LogP contribution in [0.15, 0.2) is 79.0 Å². The first-order chi connectivity index (χ1) is 24.4. The molecule has 2 N–H and O–H groups in total. The Kier molecular flexibility index (Phi) is 11.4. The molecule has 1 fully saturated rings. The van der Waals surface area contributed by atoms with Crippen LogP contribution in [0.3, 0.4) is 0 Å². The zero-order valence-corrected chi connectivity index (χ0v) is 28.5. The number of nitrogens with zero attached hydrogens (tertiary/aromatic N) is 2. The number of carbonyl (C=O) groups excluding carboxylic acids is 2. The van der Waals surface area contributed by atoms with Crippen molar-refractivity contribution in [2.45, 2.75) is 6.42 Å². The summed E-state index contributed by atoms with van der Waals surface area (Å²) in [4.78, 5) is 32.5. The molecule has 50 heavy (non-hydrogen) atoms. The van der Waals surface area contributed by atoms with E-state index in [0.717, 1.165) is 59.6 Å². The Bertz CT molecular complexity index is 1960. The summed E-state index contributed by atoms with van der Waals surface area (Å²) < 4.78 is 44.3. The van der Waals surface area contributed by atoms with Gasteiger partial charge in [0.05, 0.1) is 37.6 Å². The number of fused-ring (bicyclic) bond motifs is 1. The van der Waals surface area contributed by atoms with Gasteiger partial charge in [-0.2, -0.15) is 0 Å². The van der Waals surface area contributed by atoms with Gasteiger partial charge in [-0.25, -0.2) is 4.39 Å². The van der Waals surface area contributed by atoms with Gasteiger partial charge in [0.25, 0.3) is 0 Å². The van der Waals surface area contributed by atoms with E-state index in [1.807, 2.05) is 48.5 Å². The van der Waals surface area contributed by atoms with Crippen LogP contribution in [-0.2, 0) is 20.7 Å². The average Bonchev–Trinajstić information content (AvgIpc) is 3.59. The average molecular weight is 701 g/mol. The molecule has 0 saturated carbocycles. The van der Waals surface area contributed by atoms with Crippen LogP contribution >= 0.6 is 11.3 Å². The van der Waals surface area contributed by atoms with E-state index < -0.39 is 17.6 Å². The lowest BCUT2D eigenvalue weighted by Gasteiger charge is -2.26. The highest BCUT2D eigenvalue weighted by molar-refractivity contribution is 7.22. The van der Waals surface area contributed by atoms with E-state index in [1.165, 1.54) is 23.5 Å². The fourth-order valence-corrected chi connectivity index (χ4v) is 6.52. The van der Waals surface area contributed by atoms with Crippen LogP contribution in [0, 0.1) is 5.82 Å². The molecular weight excluding hydrogens is 663 g/mol. The zero-order chi connectivity index (χ0) is 34.9. The number of ether oxygens (including phenoxy) is 5. The fraction of sp³-hybridized carbons (Fsp3) is 0.270. The van der Waals surface area contributed by atoms with E-state index in [0.29, 0.717) is 41.5 Å². The second-order valence-corrected chi connectivity index (χ2v) is 12.4. The van der Waals surface area contributed by atoms with Gasteiger partial charge < -0.3 is 34.3 Å². The molecule has 3 aromatic carbocycles. The largest absolute Gasteiger partial charge is 0.496 e. The first-order valence-corrected chi connectivity index (χ1v) is 16.9. The lowest BCUT2D eigenvalue weighted by atomic mass is 10.1. The summed E-state index contributed by atoms with van der Waals surface area (Å²) in [6.45, 7) is 4.84. The number of carbonyl (C=O) groups is 2. The van der Waals surface area contributed by atoms with Crippen LogP contribution in [0.5, 0.6) is 28.7 Å². The summed E-state index contributed by atoms with van der Waals surface area (Å²) in [6, 6.07) is 20.8. The number of hydrogen-bond donors (Lipinski definition) is 2. The lowest BCUT2D eigenvalue weighted by Crippen LogP contribution is -2.38. The second-order valence-electron chi connectivity index (χ2n) is 11.3. The van der Waals surface area contributed by atoms with Gasteiger partial charge >= 0.3 is 11.8 Å². The molecule has 2 aromatic heterocycles. The molecule has 260 valence electrons. The maximum atomic E-state index is 15.2.